The molecule has 1 unspecified atom stereocenters. The zero-order valence-corrected chi connectivity index (χ0v) is 12.4. The fourth-order valence-electron chi connectivity index (χ4n) is 2.41. The van der Waals surface area contributed by atoms with Crippen molar-refractivity contribution in [2.45, 2.75) is 47.0 Å². The third kappa shape index (κ3) is 4.60. The number of carbonyl (C=O) groups is 1. The number of hydrogen-bond acceptors (Lipinski definition) is 2. The van der Waals surface area contributed by atoms with Crippen molar-refractivity contribution in [3.63, 3.8) is 0 Å². The predicted molar refractivity (Wildman–Crippen MR) is 74.4 cm³/mol. The molecule has 106 valence electrons. The topological polar surface area (TPSA) is 29.5 Å². The number of piperidine rings is 1. The molecule has 0 aromatic rings. The van der Waals surface area contributed by atoms with Gasteiger partial charge in [0.25, 0.3) is 0 Å². The number of ether oxygens (including phenoxy) is 1. The summed E-state index contributed by atoms with van der Waals surface area (Å²) in [6, 6.07) is 0. The lowest BCUT2D eigenvalue weighted by atomic mass is 9.91. The van der Waals surface area contributed by atoms with Crippen LogP contribution in [0.15, 0.2) is 0 Å². The zero-order valence-electron chi connectivity index (χ0n) is 12.4. The predicted octanol–water partition coefficient (Wildman–Crippen LogP) is 2.94. The molecule has 1 fully saturated rings. The summed E-state index contributed by atoms with van der Waals surface area (Å²) in [6.07, 6.45) is 3.43. The molecule has 0 N–H and O–H groups in total. The van der Waals surface area contributed by atoms with Crippen LogP contribution in [-0.2, 0) is 9.53 Å². The molecule has 1 rings (SSSR count). The molecule has 0 radical (unpaired) electrons. The monoisotopic (exact) mass is 255 g/mol. The maximum Gasteiger partial charge on any atom is 0.225 e. The Morgan fingerprint density at radius 2 is 1.89 bits per heavy atom. The summed E-state index contributed by atoms with van der Waals surface area (Å²) in [5.41, 5.74) is 0. The van der Waals surface area contributed by atoms with Gasteiger partial charge in [0, 0.05) is 32.2 Å². The van der Waals surface area contributed by atoms with Gasteiger partial charge < -0.3 is 9.64 Å². The van der Waals surface area contributed by atoms with Crippen LogP contribution in [0.3, 0.4) is 0 Å². The fourth-order valence-corrected chi connectivity index (χ4v) is 2.41. The van der Waals surface area contributed by atoms with Crippen LogP contribution >= 0.6 is 0 Å². The molecule has 0 aromatic heterocycles. The Labute approximate surface area is 112 Å². The van der Waals surface area contributed by atoms with Crippen LogP contribution < -0.4 is 0 Å². The molecule has 0 aromatic carbocycles. The maximum absolute atomic E-state index is 12.2. The first-order valence-electron chi connectivity index (χ1n) is 7.42. The van der Waals surface area contributed by atoms with Crippen LogP contribution in [0.25, 0.3) is 0 Å². The van der Waals surface area contributed by atoms with Crippen LogP contribution in [0, 0.1) is 17.8 Å². The lowest BCUT2D eigenvalue weighted by molar-refractivity contribution is -0.137. The molecule has 0 bridgehead atoms. The Morgan fingerprint density at radius 1 is 1.28 bits per heavy atom. The lowest BCUT2D eigenvalue weighted by Gasteiger charge is -2.34. The summed E-state index contributed by atoms with van der Waals surface area (Å²) >= 11 is 0. The number of carbonyl (C=O) groups excluding carboxylic acids is 1. The molecule has 1 saturated heterocycles. The summed E-state index contributed by atoms with van der Waals surface area (Å²) in [6.45, 7) is 11.9. The molecular formula is C15H29NO2. The van der Waals surface area contributed by atoms with E-state index in [2.05, 4.69) is 18.7 Å². The molecule has 1 aliphatic heterocycles. The quantitative estimate of drug-likeness (QED) is 0.683. The molecule has 0 aliphatic carbocycles. The van der Waals surface area contributed by atoms with Crippen LogP contribution in [0.1, 0.15) is 47.0 Å². The van der Waals surface area contributed by atoms with E-state index < -0.39 is 0 Å². The Balaban J connectivity index is 2.28. The molecule has 0 saturated carbocycles. The summed E-state index contributed by atoms with van der Waals surface area (Å²) in [7, 11) is 0. The molecule has 1 heterocycles. The Kier molecular flexibility index (Phi) is 6.69. The standard InChI is InChI=1S/C15H29NO2/c1-5-18-11-8-14-6-9-16(10-7-14)15(17)13(4)12(2)3/h12-14H,5-11H2,1-4H3. The highest BCUT2D eigenvalue weighted by molar-refractivity contribution is 5.78. The van der Waals surface area contributed by atoms with E-state index in [1.54, 1.807) is 0 Å². The minimum absolute atomic E-state index is 0.157. The summed E-state index contributed by atoms with van der Waals surface area (Å²) < 4.78 is 5.40. The van der Waals surface area contributed by atoms with Crippen molar-refractivity contribution in [2.24, 2.45) is 17.8 Å². The van der Waals surface area contributed by atoms with Gasteiger partial charge in [0.1, 0.15) is 0 Å². The van der Waals surface area contributed by atoms with E-state index in [-0.39, 0.29) is 5.92 Å². The van der Waals surface area contributed by atoms with Crippen LogP contribution in [0.5, 0.6) is 0 Å². The highest BCUT2D eigenvalue weighted by Crippen LogP contribution is 2.23. The molecule has 0 spiro atoms. The van der Waals surface area contributed by atoms with E-state index in [0.717, 1.165) is 51.5 Å². The van der Waals surface area contributed by atoms with Gasteiger partial charge in [-0.25, -0.2) is 0 Å². The van der Waals surface area contributed by atoms with E-state index >= 15 is 0 Å². The van der Waals surface area contributed by atoms with Crippen molar-refractivity contribution < 1.29 is 9.53 Å². The van der Waals surface area contributed by atoms with E-state index in [0.29, 0.717) is 11.8 Å². The van der Waals surface area contributed by atoms with Gasteiger partial charge in [-0.05, 0) is 38.0 Å². The minimum atomic E-state index is 0.157. The van der Waals surface area contributed by atoms with Crippen molar-refractivity contribution in [3.8, 4) is 0 Å². The van der Waals surface area contributed by atoms with Crippen molar-refractivity contribution in [1.82, 2.24) is 4.90 Å². The second-order valence-corrected chi connectivity index (χ2v) is 5.79. The normalized spacial score (nSPS) is 19.3. The third-order valence-corrected chi connectivity index (χ3v) is 4.19. The molecule has 1 atom stereocenters. The average Bonchev–Trinajstić information content (AvgIpc) is 2.38. The van der Waals surface area contributed by atoms with Gasteiger partial charge in [-0.1, -0.05) is 20.8 Å². The van der Waals surface area contributed by atoms with Crippen LogP contribution in [0.2, 0.25) is 0 Å². The van der Waals surface area contributed by atoms with Gasteiger partial charge in [-0.15, -0.1) is 0 Å². The first-order valence-corrected chi connectivity index (χ1v) is 7.42. The van der Waals surface area contributed by atoms with E-state index in [4.69, 9.17) is 4.74 Å². The van der Waals surface area contributed by atoms with Gasteiger partial charge in [-0.2, -0.15) is 0 Å². The lowest BCUT2D eigenvalue weighted by Crippen LogP contribution is -2.42. The van der Waals surface area contributed by atoms with Gasteiger partial charge in [0.05, 0.1) is 0 Å². The fraction of sp³-hybridized carbons (Fsp3) is 0.933. The first-order chi connectivity index (χ1) is 8.56. The molecule has 18 heavy (non-hydrogen) atoms. The largest absolute Gasteiger partial charge is 0.382 e. The van der Waals surface area contributed by atoms with Gasteiger partial charge in [0.15, 0.2) is 0 Å². The summed E-state index contributed by atoms with van der Waals surface area (Å²) in [4.78, 5) is 14.3. The highest BCUT2D eigenvalue weighted by atomic mass is 16.5. The molecule has 3 heteroatoms. The Morgan fingerprint density at radius 3 is 2.39 bits per heavy atom. The second-order valence-electron chi connectivity index (χ2n) is 5.79. The third-order valence-electron chi connectivity index (χ3n) is 4.19. The Hall–Kier alpha value is -0.570. The smallest absolute Gasteiger partial charge is 0.225 e. The highest BCUT2D eigenvalue weighted by Gasteiger charge is 2.26. The van der Waals surface area contributed by atoms with Gasteiger partial charge in [-0.3, -0.25) is 4.79 Å². The molecule has 1 aliphatic rings. The van der Waals surface area contributed by atoms with Crippen molar-refractivity contribution in [1.29, 1.82) is 0 Å². The molecule has 3 nitrogen and oxygen atoms in total. The van der Waals surface area contributed by atoms with Crippen LogP contribution in [-0.4, -0.2) is 37.1 Å². The zero-order chi connectivity index (χ0) is 13.5. The average molecular weight is 255 g/mol. The number of likely N-dealkylation sites (tertiary alicyclic amines) is 1. The van der Waals surface area contributed by atoms with E-state index in [1.807, 2.05) is 13.8 Å². The van der Waals surface area contributed by atoms with Gasteiger partial charge in [0.2, 0.25) is 5.91 Å². The van der Waals surface area contributed by atoms with Crippen molar-refractivity contribution >= 4 is 5.91 Å². The van der Waals surface area contributed by atoms with Crippen molar-refractivity contribution in [2.75, 3.05) is 26.3 Å². The number of hydrogen-bond donors (Lipinski definition) is 0. The number of nitrogens with zero attached hydrogens (tertiary/aromatic N) is 1. The molecular weight excluding hydrogens is 226 g/mol. The van der Waals surface area contributed by atoms with E-state index in [9.17, 15) is 4.79 Å². The summed E-state index contributed by atoms with van der Waals surface area (Å²) in [5.74, 6) is 1.68. The van der Waals surface area contributed by atoms with Gasteiger partial charge >= 0.3 is 0 Å². The minimum Gasteiger partial charge on any atom is -0.382 e. The first kappa shape index (κ1) is 15.5. The SMILES string of the molecule is CCOCCC1CCN(C(=O)C(C)C(C)C)CC1. The van der Waals surface area contributed by atoms with Crippen LogP contribution in [0.4, 0.5) is 0 Å². The Bertz CT molecular complexity index is 245. The number of rotatable bonds is 6. The number of amides is 1. The second kappa shape index (κ2) is 7.78. The van der Waals surface area contributed by atoms with E-state index in [1.165, 1.54) is 0 Å². The molecule has 1 amide bonds. The van der Waals surface area contributed by atoms with Crippen molar-refractivity contribution in [3.05, 3.63) is 0 Å². The summed E-state index contributed by atoms with van der Waals surface area (Å²) in [5, 5.41) is 0. The maximum atomic E-state index is 12.2.